The fourth-order valence-corrected chi connectivity index (χ4v) is 2.84. The maximum Gasteiger partial charge on any atom is 0.490 e. The number of alkyl halides is 3. The molecule has 0 saturated carbocycles. The molecule has 1 aromatic carbocycles. The highest BCUT2D eigenvalue weighted by Gasteiger charge is 2.41. The van der Waals surface area contributed by atoms with E-state index in [9.17, 15) is 30.8 Å². The van der Waals surface area contributed by atoms with Gasteiger partial charge in [-0.1, -0.05) is 13.8 Å². The Morgan fingerprint density at radius 3 is 2.20 bits per heavy atom. The second-order valence-corrected chi connectivity index (χ2v) is 8.72. The van der Waals surface area contributed by atoms with Crippen LogP contribution in [0.25, 0.3) is 11.3 Å². The molecule has 30 heavy (non-hydrogen) atoms. The maximum atomic E-state index is 13.3. The molecule has 0 radical (unpaired) electrons. The monoisotopic (exact) mass is 449 g/mol. The van der Waals surface area contributed by atoms with E-state index in [2.05, 4.69) is 14.7 Å². The molecule has 0 aliphatic heterocycles. The Hall–Kier alpha value is -2.76. The van der Waals surface area contributed by atoms with E-state index < -0.39 is 40.5 Å². The van der Waals surface area contributed by atoms with E-state index in [-0.39, 0.29) is 28.5 Å². The van der Waals surface area contributed by atoms with Gasteiger partial charge in [0.05, 0.1) is 17.6 Å². The molecule has 0 atom stereocenters. The minimum absolute atomic E-state index is 0.0224. The van der Waals surface area contributed by atoms with E-state index in [4.69, 9.17) is 0 Å². The number of benzene rings is 1. The minimum Gasteiger partial charge on any atom is -0.454 e. The van der Waals surface area contributed by atoms with Crippen LogP contribution in [0.15, 0.2) is 24.3 Å². The molecule has 1 aromatic heterocycles. The van der Waals surface area contributed by atoms with E-state index in [1.807, 2.05) is 0 Å². The largest absolute Gasteiger partial charge is 0.490 e. The van der Waals surface area contributed by atoms with Gasteiger partial charge >= 0.3 is 12.1 Å². The van der Waals surface area contributed by atoms with Crippen molar-refractivity contribution in [2.75, 3.05) is 17.6 Å². The fourth-order valence-electron chi connectivity index (χ4n) is 2.46. The summed E-state index contributed by atoms with van der Waals surface area (Å²) in [6.45, 7) is 2.55. The van der Waals surface area contributed by atoms with Gasteiger partial charge in [0.25, 0.3) is 0 Å². The summed E-state index contributed by atoms with van der Waals surface area (Å²) in [6.07, 6.45) is -4.26. The van der Waals surface area contributed by atoms with E-state index in [0.29, 0.717) is 0 Å². The zero-order chi connectivity index (χ0) is 22.9. The third-order valence-electron chi connectivity index (χ3n) is 4.05. The Kier molecular flexibility index (Phi) is 6.70. The Labute approximate surface area is 170 Å². The van der Waals surface area contributed by atoms with Gasteiger partial charge in [-0.15, -0.1) is 0 Å². The summed E-state index contributed by atoms with van der Waals surface area (Å²) in [6, 6.07) is 4.86. The zero-order valence-electron chi connectivity index (χ0n) is 16.5. The number of aromatic nitrogens is 2. The van der Waals surface area contributed by atoms with Gasteiger partial charge in [-0.2, -0.15) is 13.2 Å². The molecular weight excluding hydrogens is 430 g/mol. The van der Waals surface area contributed by atoms with Gasteiger partial charge in [0.15, 0.2) is 0 Å². The minimum atomic E-state index is -5.19. The number of nitrogens with zero attached hydrogens (tertiary/aromatic N) is 3. The molecule has 0 aliphatic carbocycles. The topological polar surface area (TPSA) is 89.5 Å². The van der Waals surface area contributed by atoms with E-state index >= 15 is 0 Å². The molecule has 0 unspecified atom stereocenters. The third kappa shape index (κ3) is 5.43. The molecule has 2 aromatic rings. The smallest absolute Gasteiger partial charge is 0.454 e. The average Bonchev–Trinajstić information content (AvgIpc) is 2.63. The van der Waals surface area contributed by atoms with Gasteiger partial charge in [0.2, 0.25) is 16.0 Å². The number of sulfonamides is 1. The fraction of sp³-hybridized carbons (Fsp3) is 0.389. The summed E-state index contributed by atoms with van der Waals surface area (Å²) in [5, 5.41) is 0. The number of carbonyl (C=O) groups excluding carboxylic acids is 1. The zero-order valence-corrected chi connectivity index (χ0v) is 17.3. The van der Waals surface area contributed by atoms with Crippen LogP contribution >= 0.6 is 0 Å². The molecule has 164 valence electrons. The lowest BCUT2D eigenvalue weighted by atomic mass is 9.99. The van der Waals surface area contributed by atoms with Crippen LogP contribution in [0.2, 0.25) is 0 Å². The van der Waals surface area contributed by atoms with E-state index in [0.717, 1.165) is 22.7 Å². The lowest BCUT2D eigenvalue weighted by Crippen LogP contribution is -2.28. The van der Waals surface area contributed by atoms with Crippen LogP contribution in [0.1, 0.15) is 31.0 Å². The number of ether oxygens (including phenoxy) is 1. The number of hydrogen-bond donors (Lipinski definition) is 0. The highest BCUT2D eigenvalue weighted by molar-refractivity contribution is 7.92. The standard InChI is InChI=1S/C18H19F4N3O4S/c1-10(2)14-13(9-29-16(26)18(20,21)22)15(11-5-7-12(19)8-6-11)24-17(23-14)25(3)30(4,27)28/h5-8,10H,9H2,1-4H3. The normalized spacial score (nSPS) is 12.2. The van der Waals surface area contributed by atoms with Gasteiger partial charge in [-0.05, 0) is 30.2 Å². The first-order valence-electron chi connectivity index (χ1n) is 8.56. The summed E-state index contributed by atoms with van der Waals surface area (Å²) in [4.78, 5) is 19.5. The molecule has 0 fully saturated rings. The van der Waals surface area contributed by atoms with Gasteiger partial charge < -0.3 is 4.74 Å². The number of halogens is 4. The van der Waals surface area contributed by atoms with Gasteiger partial charge in [0.1, 0.15) is 12.4 Å². The van der Waals surface area contributed by atoms with Crippen LogP contribution < -0.4 is 4.31 Å². The lowest BCUT2D eigenvalue weighted by Gasteiger charge is -2.21. The Balaban J connectivity index is 2.70. The summed E-state index contributed by atoms with van der Waals surface area (Å²) < 4.78 is 80.0. The van der Waals surface area contributed by atoms with Crippen molar-refractivity contribution in [1.29, 1.82) is 0 Å². The second-order valence-electron chi connectivity index (χ2n) is 6.70. The van der Waals surface area contributed by atoms with E-state index in [1.54, 1.807) is 13.8 Å². The summed E-state index contributed by atoms with van der Waals surface area (Å²) in [7, 11) is -2.53. The molecule has 0 N–H and O–H groups in total. The second kappa shape index (κ2) is 8.54. The Morgan fingerprint density at radius 1 is 1.17 bits per heavy atom. The summed E-state index contributed by atoms with van der Waals surface area (Å²) in [5.41, 5.74) is 0.542. The van der Waals surface area contributed by atoms with Crippen molar-refractivity contribution in [2.45, 2.75) is 32.5 Å². The lowest BCUT2D eigenvalue weighted by molar-refractivity contribution is -0.201. The highest BCUT2D eigenvalue weighted by atomic mass is 32.2. The van der Waals surface area contributed by atoms with Gasteiger partial charge in [-0.3, -0.25) is 0 Å². The molecule has 0 aliphatic rings. The molecule has 0 bridgehead atoms. The number of esters is 1. The highest BCUT2D eigenvalue weighted by Crippen LogP contribution is 2.31. The summed E-state index contributed by atoms with van der Waals surface area (Å²) in [5.74, 6) is -3.57. The van der Waals surface area contributed by atoms with Gasteiger partial charge in [-0.25, -0.2) is 31.9 Å². The molecule has 0 spiro atoms. The van der Waals surface area contributed by atoms with Gasteiger partial charge in [0, 0.05) is 18.2 Å². The van der Waals surface area contributed by atoms with Crippen molar-refractivity contribution in [1.82, 2.24) is 9.97 Å². The van der Waals surface area contributed by atoms with Crippen molar-refractivity contribution in [3.63, 3.8) is 0 Å². The van der Waals surface area contributed by atoms with Crippen LogP contribution in [0.3, 0.4) is 0 Å². The van der Waals surface area contributed by atoms with Crippen molar-refractivity contribution in [3.05, 3.63) is 41.3 Å². The quantitative estimate of drug-likeness (QED) is 0.496. The van der Waals surface area contributed by atoms with Crippen molar-refractivity contribution < 1.29 is 35.5 Å². The number of carbonyl (C=O) groups is 1. The Morgan fingerprint density at radius 2 is 1.73 bits per heavy atom. The molecule has 2 rings (SSSR count). The summed E-state index contributed by atoms with van der Waals surface area (Å²) >= 11 is 0. The number of hydrogen-bond acceptors (Lipinski definition) is 6. The molecule has 0 amide bonds. The molecule has 1 heterocycles. The van der Waals surface area contributed by atoms with Crippen molar-refractivity contribution in [3.8, 4) is 11.3 Å². The van der Waals surface area contributed by atoms with Crippen LogP contribution in [0, 0.1) is 5.82 Å². The number of rotatable bonds is 6. The van der Waals surface area contributed by atoms with E-state index in [1.165, 1.54) is 19.2 Å². The SMILES string of the molecule is CC(C)c1nc(N(C)S(C)(=O)=O)nc(-c2ccc(F)cc2)c1COC(=O)C(F)(F)F. The maximum absolute atomic E-state index is 13.3. The Bertz CT molecular complexity index is 1040. The van der Waals surface area contributed by atoms with Crippen LogP contribution in [-0.4, -0.2) is 43.8 Å². The van der Waals surface area contributed by atoms with Crippen LogP contribution in [-0.2, 0) is 26.2 Å². The molecule has 12 heteroatoms. The van der Waals surface area contributed by atoms with Crippen molar-refractivity contribution in [2.24, 2.45) is 0 Å². The van der Waals surface area contributed by atoms with Crippen molar-refractivity contribution >= 4 is 21.9 Å². The first-order valence-corrected chi connectivity index (χ1v) is 10.4. The molecule has 7 nitrogen and oxygen atoms in total. The molecule has 0 saturated heterocycles. The predicted octanol–water partition coefficient (Wildman–Crippen LogP) is 3.41. The average molecular weight is 449 g/mol. The van der Waals surface area contributed by atoms with Crippen LogP contribution in [0.5, 0.6) is 0 Å². The number of anilines is 1. The first kappa shape index (κ1) is 23.5. The predicted molar refractivity (Wildman–Crippen MR) is 101 cm³/mol. The van der Waals surface area contributed by atoms with Crippen LogP contribution in [0.4, 0.5) is 23.5 Å². The first-order chi connectivity index (χ1) is 13.7. The molecular formula is C18H19F4N3O4S. The third-order valence-corrected chi connectivity index (χ3v) is 5.21.